The predicted octanol–water partition coefficient (Wildman–Crippen LogP) is 3.19. The Morgan fingerprint density at radius 3 is 2.67 bits per heavy atom. The minimum Gasteiger partial charge on any atom is -0.465 e. The van der Waals surface area contributed by atoms with E-state index in [1.54, 1.807) is 30.5 Å². The fourth-order valence-electron chi connectivity index (χ4n) is 1.78. The van der Waals surface area contributed by atoms with Gasteiger partial charge in [0.2, 0.25) is 0 Å². The average molecular weight is 349 g/mol. The summed E-state index contributed by atoms with van der Waals surface area (Å²) in [5.74, 6) is -0.848. The molecule has 21 heavy (non-hydrogen) atoms. The van der Waals surface area contributed by atoms with Crippen molar-refractivity contribution in [3.05, 3.63) is 57.8 Å². The molecule has 5 nitrogen and oxygen atoms in total. The molecule has 0 saturated carbocycles. The van der Waals surface area contributed by atoms with Gasteiger partial charge >= 0.3 is 5.97 Å². The number of aryl methyl sites for hydroxylation is 1. The molecule has 6 heteroatoms. The molecule has 0 atom stereocenters. The second-order valence-electron chi connectivity index (χ2n) is 4.39. The normalized spacial score (nSPS) is 10.0. The van der Waals surface area contributed by atoms with Crippen LogP contribution in [0.1, 0.15) is 26.3 Å². The first kappa shape index (κ1) is 15.2. The van der Waals surface area contributed by atoms with E-state index in [0.29, 0.717) is 21.3 Å². The van der Waals surface area contributed by atoms with Gasteiger partial charge in [-0.1, -0.05) is 11.6 Å². The summed E-state index contributed by atoms with van der Waals surface area (Å²) in [5, 5.41) is 2.70. The first-order valence-electron chi connectivity index (χ1n) is 6.12. The molecule has 108 valence electrons. The highest BCUT2D eigenvalue weighted by atomic mass is 79.9. The Labute approximate surface area is 130 Å². The van der Waals surface area contributed by atoms with E-state index in [9.17, 15) is 9.59 Å². The first-order chi connectivity index (χ1) is 10.0. The molecule has 1 aromatic carbocycles. The number of nitrogens with one attached hydrogen (secondary N) is 1. The molecule has 0 aliphatic heterocycles. The summed E-state index contributed by atoms with van der Waals surface area (Å²) in [4.78, 5) is 27.9. The van der Waals surface area contributed by atoms with Gasteiger partial charge in [-0.3, -0.25) is 9.78 Å². The van der Waals surface area contributed by atoms with Crippen molar-refractivity contribution in [3.8, 4) is 0 Å². The summed E-state index contributed by atoms with van der Waals surface area (Å²) < 4.78 is 5.43. The number of rotatable bonds is 3. The van der Waals surface area contributed by atoms with Crippen LogP contribution in [0.5, 0.6) is 0 Å². The second-order valence-corrected chi connectivity index (χ2v) is 5.30. The number of hydrogen-bond acceptors (Lipinski definition) is 4. The number of esters is 1. The monoisotopic (exact) mass is 348 g/mol. The fourth-order valence-corrected chi connectivity index (χ4v) is 2.14. The summed E-state index contributed by atoms with van der Waals surface area (Å²) in [6, 6.07) is 6.79. The zero-order valence-corrected chi connectivity index (χ0v) is 13.1. The van der Waals surface area contributed by atoms with E-state index in [2.05, 4.69) is 26.2 Å². The zero-order chi connectivity index (χ0) is 15.4. The molecule has 2 rings (SSSR count). The fraction of sp³-hybridized carbons (Fsp3) is 0.133. The number of nitrogens with zero attached hydrogens (tertiary/aromatic N) is 1. The van der Waals surface area contributed by atoms with Gasteiger partial charge < -0.3 is 10.1 Å². The maximum atomic E-state index is 12.2. The molecule has 1 amide bonds. The Kier molecular flexibility index (Phi) is 4.70. The quantitative estimate of drug-likeness (QED) is 0.865. The van der Waals surface area contributed by atoms with E-state index in [4.69, 9.17) is 4.74 Å². The van der Waals surface area contributed by atoms with Crippen LogP contribution in [0.4, 0.5) is 5.69 Å². The van der Waals surface area contributed by atoms with Crippen LogP contribution in [0.25, 0.3) is 0 Å². The summed E-state index contributed by atoms with van der Waals surface area (Å²) in [5.41, 5.74) is 2.00. The summed E-state index contributed by atoms with van der Waals surface area (Å²) >= 11 is 3.26. The topological polar surface area (TPSA) is 68.3 Å². The minimum atomic E-state index is -0.499. The van der Waals surface area contributed by atoms with Crippen LogP contribution < -0.4 is 5.32 Å². The van der Waals surface area contributed by atoms with Crippen LogP contribution in [0.15, 0.2) is 41.1 Å². The van der Waals surface area contributed by atoms with Gasteiger partial charge in [0.25, 0.3) is 5.91 Å². The molecule has 1 heterocycles. The number of aromatic nitrogens is 1. The lowest BCUT2D eigenvalue weighted by atomic mass is 10.1. The van der Waals surface area contributed by atoms with Crippen molar-refractivity contribution < 1.29 is 14.3 Å². The Balaban J connectivity index is 2.31. The molecule has 0 bridgehead atoms. The van der Waals surface area contributed by atoms with Gasteiger partial charge in [-0.25, -0.2) is 4.79 Å². The van der Waals surface area contributed by atoms with Crippen molar-refractivity contribution >= 4 is 33.5 Å². The number of halogens is 1. The van der Waals surface area contributed by atoms with Crippen LogP contribution in [-0.4, -0.2) is 24.0 Å². The number of anilines is 1. The zero-order valence-electron chi connectivity index (χ0n) is 11.5. The Morgan fingerprint density at radius 2 is 2.00 bits per heavy atom. The van der Waals surface area contributed by atoms with E-state index >= 15 is 0 Å². The summed E-state index contributed by atoms with van der Waals surface area (Å²) in [6.07, 6.45) is 3.04. The van der Waals surface area contributed by atoms with Crippen molar-refractivity contribution in [1.29, 1.82) is 0 Å². The average Bonchev–Trinajstić information content (AvgIpc) is 2.48. The van der Waals surface area contributed by atoms with Crippen LogP contribution in [0, 0.1) is 6.92 Å². The molecule has 0 aliphatic carbocycles. The number of ether oxygens (including phenoxy) is 1. The number of carbonyl (C=O) groups excluding carboxylic acids is 2. The van der Waals surface area contributed by atoms with Gasteiger partial charge in [0.15, 0.2) is 0 Å². The predicted molar refractivity (Wildman–Crippen MR) is 82.4 cm³/mol. The SMILES string of the molecule is COC(=O)c1cc(C)ccc1NC(=O)c1cncc(Br)c1. The van der Waals surface area contributed by atoms with Gasteiger partial charge in [0, 0.05) is 16.9 Å². The number of amides is 1. The highest BCUT2D eigenvalue weighted by Crippen LogP contribution is 2.20. The molecule has 0 aliphatic rings. The van der Waals surface area contributed by atoms with E-state index in [1.807, 2.05) is 6.92 Å². The molecule has 0 unspecified atom stereocenters. The standard InChI is InChI=1S/C15H13BrN2O3/c1-9-3-4-13(12(5-9)15(20)21-2)18-14(19)10-6-11(16)8-17-7-10/h3-8H,1-2H3,(H,18,19). The molecule has 0 saturated heterocycles. The Morgan fingerprint density at radius 1 is 1.24 bits per heavy atom. The van der Waals surface area contributed by atoms with Gasteiger partial charge in [0.1, 0.15) is 0 Å². The first-order valence-corrected chi connectivity index (χ1v) is 6.91. The molecule has 0 fully saturated rings. The van der Waals surface area contributed by atoms with Crippen molar-refractivity contribution in [3.63, 3.8) is 0 Å². The van der Waals surface area contributed by atoms with Crippen molar-refractivity contribution in [2.24, 2.45) is 0 Å². The maximum absolute atomic E-state index is 12.2. The largest absolute Gasteiger partial charge is 0.465 e. The Bertz CT molecular complexity index is 701. The number of methoxy groups -OCH3 is 1. The van der Waals surface area contributed by atoms with E-state index in [-0.39, 0.29) is 5.91 Å². The Hall–Kier alpha value is -2.21. The number of benzene rings is 1. The van der Waals surface area contributed by atoms with Crippen molar-refractivity contribution in [2.75, 3.05) is 12.4 Å². The molecule has 0 radical (unpaired) electrons. The maximum Gasteiger partial charge on any atom is 0.339 e. The van der Waals surface area contributed by atoms with Crippen molar-refractivity contribution in [2.45, 2.75) is 6.92 Å². The molecule has 0 spiro atoms. The van der Waals surface area contributed by atoms with E-state index in [0.717, 1.165) is 5.56 Å². The van der Waals surface area contributed by atoms with Gasteiger partial charge in [0.05, 0.1) is 23.9 Å². The smallest absolute Gasteiger partial charge is 0.339 e. The second kappa shape index (κ2) is 6.49. The summed E-state index contributed by atoms with van der Waals surface area (Å²) in [6.45, 7) is 1.86. The van der Waals surface area contributed by atoms with Crippen LogP contribution in [0.3, 0.4) is 0 Å². The van der Waals surface area contributed by atoms with Gasteiger partial charge in [-0.05, 0) is 41.1 Å². The lowest BCUT2D eigenvalue weighted by molar-refractivity contribution is 0.0602. The molecular formula is C15H13BrN2O3. The molecule has 1 N–H and O–H groups in total. The minimum absolute atomic E-state index is 0.314. The van der Waals surface area contributed by atoms with Crippen LogP contribution in [-0.2, 0) is 4.74 Å². The van der Waals surface area contributed by atoms with E-state index < -0.39 is 5.97 Å². The highest BCUT2D eigenvalue weighted by molar-refractivity contribution is 9.10. The number of pyridine rings is 1. The summed E-state index contributed by atoms with van der Waals surface area (Å²) in [7, 11) is 1.30. The van der Waals surface area contributed by atoms with Crippen LogP contribution in [0.2, 0.25) is 0 Å². The lowest BCUT2D eigenvalue weighted by Gasteiger charge is -2.10. The molecule has 1 aromatic heterocycles. The van der Waals surface area contributed by atoms with Gasteiger partial charge in [-0.15, -0.1) is 0 Å². The van der Waals surface area contributed by atoms with Crippen LogP contribution >= 0.6 is 15.9 Å². The van der Waals surface area contributed by atoms with Crippen molar-refractivity contribution in [1.82, 2.24) is 4.98 Å². The molecule has 2 aromatic rings. The van der Waals surface area contributed by atoms with E-state index in [1.165, 1.54) is 13.3 Å². The lowest BCUT2D eigenvalue weighted by Crippen LogP contribution is -2.15. The number of carbonyl (C=O) groups is 2. The third-order valence-corrected chi connectivity index (χ3v) is 3.23. The highest BCUT2D eigenvalue weighted by Gasteiger charge is 2.15. The molecular weight excluding hydrogens is 336 g/mol. The third-order valence-electron chi connectivity index (χ3n) is 2.80. The number of hydrogen-bond donors (Lipinski definition) is 1. The third kappa shape index (κ3) is 3.66. The van der Waals surface area contributed by atoms with Gasteiger partial charge in [-0.2, -0.15) is 0 Å².